The molecule has 7 heteroatoms. The number of aryl methyl sites for hydroxylation is 1. The Balaban J connectivity index is 1.68. The van der Waals surface area contributed by atoms with Crippen LogP contribution < -0.4 is 15.8 Å². The third-order valence-corrected chi connectivity index (χ3v) is 6.06. The van der Waals surface area contributed by atoms with Gasteiger partial charge >= 0.3 is 0 Å². The van der Waals surface area contributed by atoms with Crippen LogP contribution >= 0.6 is 0 Å². The standard InChI is InChI=1S/C27H28N4O3/c1-30(2)20-10-8-19(9-11-20)22(29-17-18-12-14-28-15-13-18)16-24(32)25-26(33)21-6-4-5-7-23(21)31(3)27(25)34/h4-15,22,29,33H,16-17H2,1-3H3/t22-/m0/s1. The Morgan fingerprint density at radius 2 is 1.74 bits per heavy atom. The fourth-order valence-corrected chi connectivity index (χ4v) is 4.07. The van der Waals surface area contributed by atoms with Gasteiger partial charge in [-0.15, -0.1) is 0 Å². The summed E-state index contributed by atoms with van der Waals surface area (Å²) in [6.07, 6.45) is 3.47. The summed E-state index contributed by atoms with van der Waals surface area (Å²) in [5.41, 5.74) is 2.89. The van der Waals surface area contributed by atoms with Crippen molar-refractivity contribution < 1.29 is 9.90 Å². The van der Waals surface area contributed by atoms with Crippen molar-refractivity contribution >= 4 is 22.4 Å². The molecule has 174 valence electrons. The van der Waals surface area contributed by atoms with Crippen LogP contribution in [-0.4, -0.2) is 34.5 Å². The SMILES string of the molecule is CN(C)c1ccc([C@H](CC(=O)c2c(O)c3ccccc3n(C)c2=O)NCc2ccncc2)cc1. The quantitative estimate of drug-likeness (QED) is 0.392. The van der Waals surface area contributed by atoms with E-state index in [4.69, 9.17) is 0 Å². The zero-order valence-electron chi connectivity index (χ0n) is 19.5. The fourth-order valence-electron chi connectivity index (χ4n) is 4.07. The molecule has 34 heavy (non-hydrogen) atoms. The number of hydrogen-bond donors (Lipinski definition) is 2. The number of aromatic hydroxyl groups is 1. The summed E-state index contributed by atoms with van der Waals surface area (Å²) in [6, 6.07) is 18.4. The van der Waals surface area contributed by atoms with Gasteiger partial charge in [-0.05, 0) is 47.5 Å². The molecule has 0 aliphatic heterocycles. The normalized spacial score (nSPS) is 12.0. The molecule has 7 nitrogen and oxygen atoms in total. The van der Waals surface area contributed by atoms with E-state index in [2.05, 4.69) is 10.3 Å². The van der Waals surface area contributed by atoms with Gasteiger partial charge in [-0.25, -0.2) is 0 Å². The number of pyridine rings is 2. The number of ketones is 1. The highest BCUT2D eigenvalue weighted by atomic mass is 16.3. The lowest BCUT2D eigenvalue weighted by atomic mass is 9.96. The van der Waals surface area contributed by atoms with Gasteiger partial charge in [0, 0.05) is 63.6 Å². The molecule has 2 N–H and O–H groups in total. The van der Waals surface area contributed by atoms with Crippen molar-refractivity contribution in [2.45, 2.75) is 19.0 Å². The largest absolute Gasteiger partial charge is 0.506 e. The fraction of sp³-hybridized carbons (Fsp3) is 0.222. The Labute approximate surface area is 198 Å². The summed E-state index contributed by atoms with van der Waals surface area (Å²) in [6.45, 7) is 0.525. The first kappa shape index (κ1) is 23.2. The number of benzene rings is 2. The number of anilines is 1. The Bertz CT molecular complexity index is 1360. The molecule has 0 fully saturated rings. The minimum absolute atomic E-state index is 0.0214. The van der Waals surface area contributed by atoms with E-state index in [0.717, 1.165) is 16.8 Å². The molecule has 2 aromatic heterocycles. The second kappa shape index (κ2) is 9.89. The second-order valence-electron chi connectivity index (χ2n) is 8.51. The molecule has 0 spiro atoms. The number of carbonyl (C=O) groups is 1. The van der Waals surface area contributed by atoms with Gasteiger partial charge in [0.2, 0.25) is 0 Å². The van der Waals surface area contributed by atoms with E-state index >= 15 is 0 Å². The minimum Gasteiger partial charge on any atom is -0.506 e. The van der Waals surface area contributed by atoms with E-state index in [9.17, 15) is 14.7 Å². The predicted molar refractivity (Wildman–Crippen MR) is 134 cm³/mol. The summed E-state index contributed by atoms with van der Waals surface area (Å²) in [7, 11) is 5.55. The maximum absolute atomic E-state index is 13.4. The number of Topliss-reactive ketones (excluding diaryl/α,β-unsaturated/α-hetero) is 1. The van der Waals surface area contributed by atoms with Crippen molar-refractivity contribution in [1.82, 2.24) is 14.9 Å². The predicted octanol–water partition coefficient (Wildman–Crippen LogP) is 3.81. The molecule has 2 heterocycles. The van der Waals surface area contributed by atoms with Gasteiger partial charge < -0.3 is 19.9 Å². The van der Waals surface area contributed by atoms with Crippen molar-refractivity contribution in [3.63, 3.8) is 0 Å². The molecular formula is C27H28N4O3. The molecule has 0 amide bonds. The molecule has 0 saturated heterocycles. The highest BCUT2D eigenvalue weighted by Crippen LogP contribution is 2.29. The summed E-state index contributed by atoms with van der Waals surface area (Å²) in [5, 5.41) is 14.8. The van der Waals surface area contributed by atoms with Gasteiger partial charge in [0.05, 0.1) is 5.52 Å². The molecule has 0 bridgehead atoms. The molecule has 0 saturated carbocycles. The highest BCUT2D eigenvalue weighted by Gasteiger charge is 2.24. The van der Waals surface area contributed by atoms with E-state index in [1.54, 1.807) is 43.7 Å². The second-order valence-corrected chi connectivity index (χ2v) is 8.51. The van der Waals surface area contributed by atoms with Crippen LogP contribution in [0.4, 0.5) is 5.69 Å². The topological polar surface area (TPSA) is 87.5 Å². The maximum atomic E-state index is 13.4. The average Bonchev–Trinajstić information content (AvgIpc) is 2.86. The van der Waals surface area contributed by atoms with Crippen molar-refractivity contribution in [2.75, 3.05) is 19.0 Å². The number of carbonyl (C=O) groups excluding carboxylic acids is 1. The Kier molecular flexibility index (Phi) is 6.75. The van der Waals surface area contributed by atoms with Crippen molar-refractivity contribution in [3.8, 4) is 5.75 Å². The van der Waals surface area contributed by atoms with Crippen LogP contribution in [0.5, 0.6) is 5.75 Å². The van der Waals surface area contributed by atoms with Crippen molar-refractivity contribution in [2.24, 2.45) is 7.05 Å². The number of rotatable bonds is 8. The van der Waals surface area contributed by atoms with Crippen LogP contribution in [0.2, 0.25) is 0 Å². The van der Waals surface area contributed by atoms with Crippen LogP contribution in [0, 0.1) is 0 Å². The van der Waals surface area contributed by atoms with Crippen LogP contribution in [0.3, 0.4) is 0 Å². The highest BCUT2D eigenvalue weighted by molar-refractivity contribution is 6.03. The van der Waals surface area contributed by atoms with Crippen LogP contribution in [-0.2, 0) is 13.6 Å². The molecule has 0 aliphatic carbocycles. The van der Waals surface area contributed by atoms with E-state index < -0.39 is 11.3 Å². The van der Waals surface area contributed by atoms with E-state index in [1.165, 1.54) is 4.57 Å². The van der Waals surface area contributed by atoms with E-state index in [-0.39, 0.29) is 23.8 Å². The van der Waals surface area contributed by atoms with Gasteiger partial charge in [-0.1, -0.05) is 24.3 Å². The zero-order valence-corrected chi connectivity index (χ0v) is 19.5. The number of fused-ring (bicyclic) bond motifs is 1. The molecule has 2 aromatic carbocycles. The average molecular weight is 457 g/mol. The lowest BCUT2D eigenvalue weighted by Gasteiger charge is -2.21. The number of aromatic nitrogens is 2. The number of nitrogens with zero attached hydrogens (tertiary/aromatic N) is 3. The first-order valence-electron chi connectivity index (χ1n) is 11.1. The van der Waals surface area contributed by atoms with Gasteiger partial charge in [-0.3, -0.25) is 14.6 Å². The van der Waals surface area contributed by atoms with Crippen LogP contribution in [0.15, 0.2) is 77.9 Å². The molecule has 4 rings (SSSR count). The molecule has 0 aliphatic rings. The molecule has 0 radical (unpaired) electrons. The Morgan fingerprint density at radius 1 is 1.06 bits per heavy atom. The Hall–Kier alpha value is -3.97. The van der Waals surface area contributed by atoms with Gasteiger partial charge in [0.1, 0.15) is 11.3 Å². The van der Waals surface area contributed by atoms with Gasteiger partial charge in [0.25, 0.3) is 5.56 Å². The van der Waals surface area contributed by atoms with Gasteiger partial charge in [-0.2, -0.15) is 0 Å². The maximum Gasteiger partial charge on any atom is 0.265 e. The lowest BCUT2D eigenvalue weighted by Crippen LogP contribution is -2.29. The minimum atomic E-state index is -0.503. The summed E-state index contributed by atoms with van der Waals surface area (Å²) < 4.78 is 1.41. The summed E-state index contributed by atoms with van der Waals surface area (Å²) >= 11 is 0. The summed E-state index contributed by atoms with van der Waals surface area (Å²) in [5.74, 6) is -0.674. The van der Waals surface area contributed by atoms with E-state index in [0.29, 0.717) is 17.4 Å². The number of nitrogens with one attached hydrogen (secondary N) is 1. The molecule has 1 atom stereocenters. The number of para-hydroxylation sites is 1. The molecule has 4 aromatic rings. The van der Waals surface area contributed by atoms with Crippen LogP contribution in [0.1, 0.15) is 33.9 Å². The van der Waals surface area contributed by atoms with Crippen molar-refractivity contribution in [3.05, 3.63) is 100 Å². The smallest absolute Gasteiger partial charge is 0.265 e. The molecule has 0 unspecified atom stereocenters. The third kappa shape index (κ3) is 4.70. The van der Waals surface area contributed by atoms with E-state index in [1.807, 2.05) is 55.4 Å². The third-order valence-electron chi connectivity index (χ3n) is 6.06. The zero-order chi connectivity index (χ0) is 24.2. The molecular weight excluding hydrogens is 428 g/mol. The van der Waals surface area contributed by atoms with Gasteiger partial charge in [0.15, 0.2) is 5.78 Å². The summed E-state index contributed by atoms with van der Waals surface area (Å²) in [4.78, 5) is 32.5. The monoisotopic (exact) mass is 456 g/mol. The first-order valence-corrected chi connectivity index (χ1v) is 11.1. The van der Waals surface area contributed by atoms with Crippen molar-refractivity contribution in [1.29, 1.82) is 0 Å². The first-order chi connectivity index (χ1) is 16.4. The lowest BCUT2D eigenvalue weighted by molar-refractivity contribution is 0.0964. The van der Waals surface area contributed by atoms with Crippen LogP contribution in [0.25, 0.3) is 10.9 Å². The number of hydrogen-bond acceptors (Lipinski definition) is 6. The Morgan fingerprint density at radius 3 is 2.41 bits per heavy atom.